The molecule has 0 bridgehead atoms. The second-order valence-electron chi connectivity index (χ2n) is 4.40. The van der Waals surface area contributed by atoms with Crippen LogP contribution >= 0.6 is 0 Å². The molecule has 1 saturated heterocycles. The van der Waals surface area contributed by atoms with E-state index in [2.05, 4.69) is 30.9 Å². The van der Waals surface area contributed by atoms with Crippen LogP contribution in [-0.4, -0.2) is 18.0 Å². The first kappa shape index (κ1) is 9.53. The summed E-state index contributed by atoms with van der Waals surface area (Å²) in [5.41, 5.74) is 7.87. The van der Waals surface area contributed by atoms with Crippen molar-refractivity contribution in [2.45, 2.75) is 19.9 Å². The fourth-order valence-corrected chi connectivity index (χ4v) is 2.05. The minimum absolute atomic E-state index is 0.534. The highest BCUT2D eigenvalue weighted by Gasteiger charge is 2.27. The van der Waals surface area contributed by atoms with Gasteiger partial charge in [-0.2, -0.15) is 0 Å². The summed E-state index contributed by atoms with van der Waals surface area (Å²) in [6.07, 6.45) is 0. The molecule has 2 nitrogen and oxygen atoms in total. The average molecular weight is 190 g/mol. The summed E-state index contributed by atoms with van der Waals surface area (Å²) >= 11 is 0. The van der Waals surface area contributed by atoms with Gasteiger partial charge in [0.15, 0.2) is 0 Å². The van der Waals surface area contributed by atoms with Crippen molar-refractivity contribution in [2.24, 2.45) is 5.92 Å². The monoisotopic (exact) mass is 190 g/mol. The Bertz CT molecular complexity index is 299. The molecule has 0 aliphatic carbocycles. The predicted molar refractivity (Wildman–Crippen MR) is 60.0 cm³/mol. The summed E-state index contributed by atoms with van der Waals surface area (Å²) in [7, 11) is 0. The van der Waals surface area contributed by atoms with E-state index in [-0.39, 0.29) is 0 Å². The summed E-state index contributed by atoms with van der Waals surface area (Å²) in [6, 6.07) is 8.75. The molecule has 0 radical (unpaired) electrons. The number of hydrogen-bond donors (Lipinski definition) is 1. The molecule has 76 valence electrons. The Labute approximate surface area is 85.7 Å². The van der Waals surface area contributed by atoms with Crippen LogP contribution in [0.15, 0.2) is 24.3 Å². The van der Waals surface area contributed by atoms with E-state index >= 15 is 0 Å². The van der Waals surface area contributed by atoms with Crippen molar-refractivity contribution in [1.29, 1.82) is 0 Å². The van der Waals surface area contributed by atoms with Gasteiger partial charge in [-0.1, -0.05) is 19.1 Å². The largest absolute Gasteiger partial charge is 0.399 e. The van der Waals surface area contributed by atoms with Crippen LogP contribution < -0.4 is 5.73 Å². The zero-order valence-corrected chi connectivity index (χ0v) is 8.90. The zero-order chi connectivity index (χ0) is 10.1. The number of likely N-dealkylation sites (tertiary alicyclic amines) is 1. The molecule has 0 amide bonds. The molecule has 0 spiro atoms. The average Bonchev–Trinajstić information content (AvgIpc) is 2.13. The Morgan fingerprint density at radius 1 is 1.29 bits per heavy atom. The lowest BCUT2D eigenvalue weighted by Gasteiger charge is -2.41. The maximum atomic E-state index is 5.66. The molecule has 14 heavy (non-hydrogen) atoms. The molecular weight excluding hydrogens is 172 g/mol. The van der Waals surface area contributed by atoms with Gasteiger partial charge in [-0.3, -0.25) is 4.90 Å². The first-order valence-electron chi connectivity index (χ1n) is 5.26. The number of nitrogens with zero attached hydrogens (tertiary/aromatic N) is 1. The van der Waals surface area contributed by atoms with Crippen LogP contribution in [-0.2, 0) is 0 Å². The van der Waals surface area contributed by atoms with Crippen molar-refractivity contribution >= 4 is 5.69 Å². The van der Waals surface area contributed by atoms with E-state index in [9.17, 15) is 0 Å². The Balaban J connectivity index is 2.04. The Kier molecular flexibility index (Phi) is 2.46. The predicted octanol–water partition coefficient (Wildman–Crippen LogP) is 2.28. The second kappa shape index (κ2) is 3.62. The lowest BCUT2D eigenvalue weighted by Crippen LogP contribution is -2.46. The number of nitrogen functional groups attached to an aromatic ring is 1. The zero-order valence-electron chi connectivity index (χ0n) is 8.90. The molecule has 2 N–H and O–H groups in total. The molecule has 1 aliphatic rings. The molecule has 1 aromatic rings. The van der Waals surface area contributed by atoms with Gasteiger partial charge in [0.1, 0.15) is 0 Å². The standard InChI is InChI=1S/C12H18N2/c1-9-7-14(8-9)10(2)11-3-5-12(13)6-4-11/h3-6,9-10H,7-8,13H2,1-2H3. The molecule has 1 atom stereocenters. The maximum absolute atomic E-state index is 5.66. The third kappa shape index (κ3) is 1.75. The second-order valence-corrected chi connectivity index (χ2v) is 4.40. The van der Waals surface area contributed by atoms with E-state index < -0.39 is 0 Å². The quantitative estimate of drug-likeness (QED) is 0.725. The highest BCUT2D eigenvalue weighted by atomic mass is 15.2. The minimum Gasteiger partial charge on any atom is -0.399 e. The van der Waals surface area contributed by atoms with E-state index in [1.165, 1.54) is 18.7 Å². The van der Waals surface area contributed by atoms with Gasteiger partial charge in [-0.25, -0.2) is 0 Å². The van der Waals surface area contributed by atoms with Crippen molar-refractivity contribution in [3.8, 4) is 0 Å². The van der Waals surface area contributed by atoms with E-state index in [1.807, 2.05) is 12.1 Å². The normalized spacial score (nSPS) is 20.4. The molecule has 1 aliphatic heterocycles. The van der Waals surface area contributed by atoms with Crippen molar-refractivity contribution in [2.75, 3.05) is 18.8 Å². The van der Waals surface area contributed by atoms with E-state index in [0.29, 0.717) is 6.04 Å². The minimum atomic E-state index is 0.534. The van der Waals surface area contributed by atoms with Crippen LogP contribution in [0.5, 0.6) is 0 Å². The number of rotatable bonds is 2. The van der Waals surface area contributed by atoms with Gasteiger partial charge in [0.25, 0.3) is 0 Å². The summed E-state index contributed by atoms with van der Waals surface area (Å²) in [5.74, 6) is 0.867. The molecule has 1 heterocycles. The van der Waals surface area contributed by atoms with Crippen molar-refractivity contribution < 1.29 is 0 Å². The first-order valence-corrected chi connectivity index (χ1v) is 5.26. The SMILES string of the molecule is CC1CN(C(C)c2ccc(N)cc2)C1. The third-order valence-corrected chi connectivity index (χ3v) is 3.06. The van der Waals surface area contributed by atoms with Crippen LogP contribution in [0.1, 0.15) is 25.5 Å². The van der Waals surface area contributed by atoms with Crippen LogP contribution in [0.25, 0.3) is 0 Å². The first-order chi connectivity index (χ1) is 6.66. The van der Waals surface area contributed by atoms with Gasteiger partial charge in [0.05, 0.1) is 0 Å². The van der Waals surface area contributed by atoms with Crippen LogP contribution in [0, 0.1) is 5.92 Å². The molecule has 2 heteroatoms. The summed E-state index contributed by atoms with van der Waals surface area (Å²) in [4.78, 5) is 2.50. The Morgan fingerprint density at radius 2 is 1.86 bits per heavy atom. The van der Waals surface area contributed by atoms with Gasteiger partial charge in [-0.15, -0.1) is 0 Å². The molecular formula is C12H18N2. The molecule has 2 rings (SSSR count). The fourth-order valence-electron chi connectivity index (χ4n) is 2.05. The van der Waals surface area contributed by atoms with Gasteiger partial charge in [0.2, 0.25) is 0 Å². The summed E-state index contributed by atoms with van der Waals surface area (Å²) in [5, 5.41) is 0. The van der Waals surface area contributed by atoms with Crippen LogP contribution in [0.3, 0.4) is 0 Å². The summed E-state index contributed by atoms with van der Waals surface area (Å²) < 4.78 is 0. The molecule has 0 saturated carbocycles. The van der Waals surface area contributed by atoms with Crippen molar-refractivity contribution in [3.63, 3.8) is 0 Å². The Morgan fingerprint density at radius 3 is 2.36 bits per heavy atom. The molecule has 1 aromatic carbocycles. The molecule has 0 aromatic heterocycles. The van der Waals surface area contributed by atoms with Crippen LogP contribution in [0.2, 0.25) is 0 Å². The highest BCUT2D eigenvalue weighted by Crippen LogP contribution is 2.28. The molecule has 1 fully saturated rings. The lowest BCUT2D eigenvalue weighted by atomic mass is 9.97. The van der Waals surface area contributed by atoms with Gasteiger partial charge < -0.3 is 5.73 Å². The summed E-state index contributed by atoms with van der Waals surface area (Å²) in [6.45, 7) is 7.01. The highest BCUT2D eigenvalue weighted by molar-refractivity contribution is 5.40. The van der Waals surface area contributed by atoms with Crippen molar-refractivity contribution in [3.05, 3.63) is 29.8 Å². The molecule has 1 unspecified atom stereocenters. The van der Waals surface area contributed by atoms with E-state index in [1.54, 1.807) is 0 Å². The van der Waals surface area contributed by atoms with Gasteiger partial charge in [-0.05, 0) is 30.5 Å². The number of hydrogen-bond acceptors (Lipinski definition) is 2. The lowest BCUT2D eigenvalue weighted by molar-refractivity contribution is 0.0702. The topological polar surface area (TPSA) is 29.3 Å². The smallest absolute Gasteiger partial charge is 0.0320 e. The van der Waals surface area contributed by atoms with E-state index in [4.69, 9.17) is 5.73 Å². The number of nitrogens with two attached hydrogens (primary N) is 1. The maximum Gasteiger partial charge on any atom is 0.0320 e. The van der Waals surface area contributed by atoms with Gasteiger partial charge >= 0.3 is 0 Å². The number of anilines is 1. The van der Waals surface area contributed by atoms with Crippen molar-refractivity contribution in [1.82, 2.24) is 4.90 Å². The van der Waals surface area contributed by atoms with E-state index in [0.717, 1.165) is 11.6 Å². The fraction of sp³-hybridized carbons (Fsp3) is 0.500. The third-order valence-electron chi connectivity index (χ3n) is 3.06. The Hall–Kier alpha value is -1.02. The number of benzene rings is 1. The van der Waals surface area contributed by atoms with Gasteiger partial charge in [0, 0.05) is 24.8 Å². The van der Waals surface area contributed by atoms with Crippen LogP contribution in [0.4, 0.5) is 5.69 Å².